The Morgan fingerprint density at radius 2 is 1.90 bits per heavy atom. The molecule has 12 heteroatoms. The van der Waals surface area contributed by atoms with Crippen molar-refractivity contribution >= 4 is 17.6 Å². The molecule has 39 heavy (non-hydrogen) atoms. The number of H-pyrrole nitrogens is 1. The van der Waals surface area contributed by atoms with Crippen LogP contribution < -0.4 is 5.32 Å². The molecule has 0 spiro atoms. The molecule has 0 amide bonds. The molecule has 5 aromatic rings. The average Bonchev–Trinajstić information content (AvgIpc) is 3.68. The standard InChI is InChI=1S/C27H19N7O5/c28-12-16-3-5-17(6-4-16)24-23(26(35)36)25(18-9-11-39-15-18)33-27(32-24)31-14-20(21-2-1-10-29-21)22-8-7-19(13-30-22)34(37)38/h1-11,13,15,20,29H,14H2,(H,35,36)(H,31,32,33). The summed E-state index contributed by atoms with van der Waals surface area (Å²) in [6, 6.07) is 16.7. The molecule has 1 unspecified atom stereocenters. The second-order valence-corrected chi connectivity index (χ2v) is 8.38. The van der Waals surface area contributed by atoms with Gasteiger partial charge in [0.05, 0.1) is 52.1 Å². The van der Waals surface area contributed by atoms with Gasteiger partial charge in [-0.05, 0) is 36.4 Å². The van der Waals surface area contributed by atoms with E-state index in [4.69, 9.17) is 9.68 Å². The molecule has 1 aromatic carbocycles. The second kappa shape index (κ2) is 10.7. The number of rotatable bonds is 9. The number of carboxylic acids is 1. The number of hydrogen-bond donors (Lipinski definition) is 3. The number of nitrogens with zero attached hydrogens (tertiary/aromatic N) is 5. The summed E-state index contributed by atoms with van der Waals surface area (Å²) in [5, 5.41) is 33.5. The van der Waals surface area contributed by atoms with Crippen molar-refractivity contribution in [2.75, 3.05) is 11.9 Å². The molecule has 4 heterocycles. The van der Waals surface area contributed by atoms with Crippen LogP contribution in [0.4, 0.5) is 11.6 Å². The van der Waals surface area contributed by atoms with Gasteiger partial charge in [-0.3, -0.25) is 15.1 Å². The molecule has 0 aliphatic rings. The third-order valence-electron chi connectivity index (χ3n) is 6.01. The lowest BCUT2D eigenvalue weighted by Crippen LogP contribution is -2.18. The molecule has 0 fully saturated rings. The third-order valence-corrected chi connectivity index (χ3v) is 6.01. The molecule has 0 radical (unpaired) electrons. The monoisotopic (exact) mass is 521 g/mol. The topological polar surface area (TPSA) is 184 Å². The molecule has 0 aliphatic carbocycles. The number of carbonyl (C=O) groups is 1. The van der Waals surface area contributed by atoms with Crippen molar-refractivity contribution in [3.63, 3.8) is 0 Å². The zero-order valence-electron chi connectivity index (χ0n) is 20.1. The average molecular weight is 521 g/mol. The smallest absolute Gasteiger partial charge is 0.340 e. The Labute approximate surface area is 220 Å². The van der Waals surface area contributed by atoms with E-state index in [2.05, 4.69) is 25.3 Å². The Kier molecular flexibility index (Phi) is 6.79. The van der Waals surface area contributed by atoms with Crippen LogP contribution in [0.5, 0.6) is 0 Å². The number of aromatic carboxylic acids is 1. The number of nitriles is 1. The Hall–Kier alpha value is -5.83. The van der Waals surface area contributed by atoms with Crippen molar-refractivity contribution < 1.29 is 19.2 Å². The summed E-state index contributed by atoms with van der Waals surface area (Å²) in [5.74, 6) is -1.44. The van der Waals surface area contributed by atoms with Gasteiger partial charge < -0.3 is 19.8 Å². The van der Waals surface area contributed by atoms with Crippen molar-refractivity contribution in [2.24, 2.45) is 0 Å². The van der Waals surface area contributed by atoms with Crippen molar-refractivity contribution in [3.8, 4) is 28.6 Å². The van der Waals surface area contributed by atoms with Gasteiger partial charge in [0.2, 0.25) is 5.95 Å². The normalized spacial score (nSPS) is 11.5. The maximum absolute atomic E-state index is 12.4. The first kappa shape index (κ1) is 24.8. The van der Waals surface area contributed by atoms with Gasteiger partial charge in [-0.25, -0.2) is 14.8 Å². The molecular formula is C27H19N7O5. The molecule has 192 valence electrons. The first-order valence-electron chi connectivity index (χ1n) is 11.6. The minimum Gasteiger partial charge on any atom is -0.478 e. The predicted octanol–water partition coefficient (Wildman–Crippen LogP) is 4.85. The third kappa shape index (κ3) is 5.18. The van der Waals surface area contributed by atoms with Gasteiger partial charge in [0.15, 0.2) is 0 Å². The largest absolute Gasteiger partial charge is 0.478 e. The van der Waals surface area contributed by atoms with Gasteiger partial charge in [-0.2, -0.15) is 5.26 Å². The summed E-state index contributed by atoms with van der Waals surface area (Å²) < 4.78 is 5.18. The van der Waals surface area contributed by atoms with Crippen molar-refractivity contribution in [3.05, 3.63) is 112 Å². The van der Waals surface area contributed by atoms with Crippen LogP contribution in [0.2, 0.25) is 0 Å². The highest BCUT2D eigenvalue weighted by atomic mass is 16.6. The number of anilines is 1. The quantitative estimate of drug-likeness (QED) is 0.179. The lowest BCUT2D eigenvalue weighted by molar-refractivity contribution is -0.385. The fourth-order valence-electron chi connectivity index (χ4n) is 4.10. The summed E-state index contributed by atoms with van der Waals surface area (Å²) in [5.41, 5.74) is 2.79. The second-order valence-electron chi connectivity index (χ2n) is 8.38. The highest BCUT2D eigenvalue weighted by Crippen LogP contribution is 2.32. The number of aromatic amines is 1. The van der Waals surface area contributed by atoms with Crippen LogP contribution in [0, 0.1) is 21.4 Å². The van der Waals surface area contributed by atoms with Crippen molar-refractivity contribution in [1.82, 2.24) is 19.9 Å². The Morgan fingerprint density at radius 1 is 1.13 bits per heavy atom. The van der Waals surface area contributed by atoms with E-state index in [0.717, 1.165) is 5.69 Å². The van der Waals surface area contributed by atoms with Gasteiger partial charge in [-0.1, -0.05) is 12.1 Å². The zero-order valence-corrected chi connectivity index (χ0v) is 20.1. The van der Waals surface area contributed by atoms with Gasteiger partial charge in [0, 0.05) is 35.6 Å². The Morgan fingerprint density at radius 3 is 2.46 bits per heavy atom. The van der Waals surface area contributed by atoms with Crippen LogP contribution in [0.15, 0.2) is 83.9 Å². The van der Waals surface area contributed by atoms with E-state index in [1.807, 2.05) is 18.2 Å². The van der Waals surface area contributed by atoms with Gasteiger partial charge in [0.1, 0.15) is 11.8 Å². The van der Waals surface area contributed by atoms with Crippen LogP contribution in [-0.2, 0) is 0 Å². The van der Waals surface area contributed by atoms with Crippen molar-refractivity contribution in [2.45, 2.75) is 5.92 Å². The van der Waals surface area contributed by atoms with E-state index in [-0.39, 0.29) is 41.0 Å². The van der Waals surface area contributed by atoms with Gasteiger partial charge >= 0.3 is 5.97 Å². The number of pyridine rings is 1. The van der Waals surface area contributed by atoms with Crippen molar-refractivity contribution in [1.29, 1.82) is 5.26 Å². The molecule has 3 N–H and O–H groups in total. The van der Waals surface area contributed by atoms with Crippen LogP contribution in [0.1, 0.15) is 33.2 Å². The number of furan rings is 1. The van der Waals surface area contributed by atoms with E-state index in [1.54, 1.807) is 42.6 Å². The number of nitro groups is 1. The number of carboxylic acid groups (broad SMARTS) is 1. The Balaban J connectivity index is 1.56. The van der Waals surface area contributed by atoms with Crippen LogP contribution in [0.25, 0.3) is 22.5 Å². The summed E-state index contributed by atoms with van der Waals surface area (Å²) in [4.78, 5) is 39.4. The maximum Gasteiger partial charge on any atom is 0.340 e. The minimum atomic E-state index is -1.23. The molecule has 12 nitrogen and oxygen atoms in total. The Bertz CT molecular complexity index is 1660. The number of aromatic nitrogens is 4. The van der Waals surface area contributed by atoms with E-state index >= 15 is 0 Å². The lowest BCUT2D eigenvalue weighted by Gasteiger charge is -2.18. The van der Waals surface area contributed by atoms with Gasteiger partial charge in [-0.15, -0.1) is 0 Å². The highest BCUT2D eigenvalue weighted by molar-refractivity contribution is 6.01. The van der Waals surface area contributed by atoms with Gasteiger partial charge in [0.25, 0.3) is 5.69 Å². The van der Waals surface area contributed by atoms with E-state index in [0.29, 0.717) is 22.4 Å². The number of benzene rings is 1. The van der Waals surface area contributed by atoms with E-state index < -0.39 is 10.9 Å². The molecule has 0 saturated carbocycles. The first-order chi connectivity index (χ1) is 18.9. The molecule has 4 aromatic heterocycles. The summed E-state index contributed by atoms with van der Waals surface area (Å²) >= 11 is 0. The fourth-order valence-corrected chi connectivity index (χ4v) is 4.10. The number of hydrogen-bond acceptors (Lipinski definition) is 9. The molecule has 1 atom stereocenters. The molecule has 5 rings (SSSR count). The number of nitrogens with one attached hydrogen (secondary N) is 2. The highest BCUT2D eigenvalue weighted by Gasteiger charge is 2.25. The molecular weight excluding hydrogens is 502 g/mol. The molecule has 0 aliphatic heterocycles. The molecule has 0 bridgehead atoms. The summed E-state index contributed by atoms with van der Waals surface area (Å²) in [6.07, 6.45) is 5.76. The van der Waals surface area contributed by atoms with E-state index in [1.165, 1.54) is 24.8 Å². The summed E-state index contributed by atoms with van der Waals surface area (Å²) in [6.45, 7) is 0.232. The zero-order chi connectivity index (χ0) is 27.4. The SMILES string of the molecule is N#Cc1ccc(-c2nc(NCC(c3ccc([N+](=O)[O-])cn3)c3ccc[nH]3)nc(-c3ccoc3)c2C(=O)O)cc1. The van der Waals surface area contributed by atoms with Crippen LogP contribution >= 0.6 is 0 Å². The van der Waals surface area contributed by atoms with Crippen LogP contribution in [0.3, 0.4) is 0 Å². The first-order valence-corrected chi connectivity index (χ1v) is 11.6. The lowest BCUT2D eigenvalue weighted by atomic mass is 10.00. The van der Waals surface area contributed by atoms with E-state index in [9.17, 15) is 20.0 Å². The summed E-state index contributed by atoms with van der Waals surface area (Å²) in [7, 11) is 0. The van der Waals surface area contributed by atoms with Crippen LogP contribution in [-0.4, -0.2) is 42.5 Å². The minimum absolute atomic E-state index is 0.121. The molecule has 0 saturated heterocycles. The fraction of sp³-hybridized carbons (Fsp3) is 0.0741. The predicted molar refractivity (Wildman–Crippen MR) is 139 cm³/mol. The maximum atomic E-state index is 12.4.